The minimum atomic E-state index is -0.332. The van der Waals surface area contributed by atoms with E-state index in [9.17, 15) is 9.59 Å². The molecule has 1 fully saturated rings. The monoisotopic (exact) mass is 382 g/mol. The van der Waals surface area contributed by atoms with Crippen molar-refractivity contribution >= 4 is 45.0 Å². The Morgan fingerprint density at radius 1 is 1.27 bits per heavy atom. The molecule has 1 aliphatic heterocycles. The van der Waals surface area contributed by atoms with Crippen LogP contribution in [0.5, 0.6) is 0 Å². The summed E-state index contributed by atoms with van der Waals surface area (Å²) in [7, 11) is 0. The summed E-state index contributed by atoms with van der Waals surface area (Å²) in [6.07, 6.45) is 0.260. The summed E-state index contributed by atoms with van der Waals surface area (Å²) in [5.41, 5.74) is 0.770. The van der Waals surface area contributed by atoms with Gasteiger partial charge in [0, 0.05) is 23.7 Å². The number of halogens is 2. The number of amides is 2. The summed E-state index contributed by atoms with van der Waals surface area (Å²) >= 11 is 9.00. The van der Waals surface area contributed by atoms with Crippen molar-refractivity contribution in [3.05, 3.63) is 51.9 Å². The van der Waals surface area contributed by atoms with E-state index in [0.717, 1.165) is 5.69 Å². The van der Waals surface area contributed by atoms with Gasteiger partial charge in [-0.25, -0.2) is 0 Å². The minimum Gasteiger partial charge on any atom is -0.444 e. The lowest BCUT2D eigenvalue weighted by molar-refractivity contribution is -0.117. The lowest BCUT2D eigenvalue weighted by Crippen LogP contribution is -2.37. The van der Waals surface area contributed by atoms with Crippen molar-refractivity contribution in [2.24, 2.45) is 0 Å². The normalized spacial score (nSPS) is 17.8. The summed E-state index contributed by atoms with van der Waals surface area (Å²) in [5.74, 6) is -0.154. The molecule has 3 rings (SSSR count). The number of hydrogen-bond acceptors (Lipinski definition) is 3. The summed E-state index contributed by atoms with van der Waals surface area (Å²) in [6.45, 7) is 0.425. The maximum Gasteiger partial charge on any atom is 0.287 e. The molecule has 22 heavy (non-hydrogen) atoms. The van der Waals surface area contributed by atoms with E-state index in [1.54, 1.807) is 41.3 Å². The SMILES string of the molecule is O=C(NC1CC(=O)N(c2ccc(Cl)cc2)C1)c1ccc(Br)o1. The number of nitrogens with one attached hydrogen (secondary N) is 1. The Labute approximate surface area is 140 Å². The van der Waals surface area contributed by atoms with E-state index in [1.807, 2.05) is 0 Å². The van der Waals surface area contributed by atoms with Crippen molar-refractivity contribution in [1.82, 2.24) is 5.32 Å². The van der Waals surface area contributed by atoms with E-state index in [0.29, 0.717) is 16.2 Å². The molecule has 1 N–H and O–H groups in total. The molecule has 0 aliphatic carbocycles. The largest absolute Gasteiger partial charge is 0.444 e. The summed E-state index contributed by atoms with van der Waals surface area (Å²) < 4.78 is 5.69. The zero-order valence-corrected chi connectivity index (χ0v) is 13.7. The van der Waals surface area contributed by atoms with Crippen molar-refractivity contribution in [2.75, 3.05) is 11.4 Å². The van der Waals surface area contributed by atoms with Crippen molar-refractivity contribution < 1.29 is 14.0 Å². The van der Waals surface area contributed by atoms with Gasteiger partial charge in [-0.05, 0) is 52.3 Å². The van der Waals surface area contributed by atoms with Gasteiger partial charge < -0.3 is 14.6 Å². The van der Waals surface area contributed by atoms with Crippen molar-refractivity contribution in [1.29, 1.82) is 0 Å². The van der Waals surface area contributed by atoms with E-state index < -0.39 is 0 Å². The standard InChI is InChI=1S/C15H12BrClN2O3/c16-13-6-5-12(22-13)15(21)18-10-7-14(20)19(8-10)11-3-1-9(17)2-4-11/h1-6,10H,7-8H2,(H,18,21). The molecule has 1 unspecified atom stereocenters. The van der Waals surface area contributed by atoms with Gasteiger partial charge in [-0.15, -0.1) is 0 Å². The fourth-order valence-electron chi connectivity index (χ4n) is 2.37. The Morgan fingerprint density at radius 3 is 2.64 bits per heavy atom. The Hall–Kier alpha value is -1.79. The van der Waals surface area contributed by atoms with Gasteiger partial charge in [-0.2, -0.15) is 0 Å². The second kappa shape index (κ2) is 6.14. The van der Waals surface area contributed by atoms with E-state index in [2.05, 4.69) is 21.2 Å². The first-order chi connectivity index (χ1) is 10.5. The molecule has 2 heterocycles. The molecule has 1 aromatic carbocycles. The number of carbonyl (C=O) groups excluding carboxylic acids is 2. The molecule has 0 radical (unpaired) electrons. The third-order valence-electron chi connectivity index (χ3n) is 3.40. The van der Waals surface area contributed by atoms with Crippen LogP contribution < -0.4 is 10.2 Å². The fraction of sp³-hybridized carbons (Fsp3) is 0.200. The van der Waals surface area contributed by atoms with E-state index in [-0.39, 0.29) is 30.0 Å². The van der Waals surface area contributed by atoms with Crippen LogP contribution in [0.1, 0.15) is 17.0 Å². The average molecular weight is 384 g/mol. The second-order valence-corrected chi connectivity index (χ2v) is 6.18. The lowest BCUT2D eigenvalue weighted by atomic mass is 10.2. The highest BCUT2D eigenvalue weighted by atomic mass is 79.9. The zero-order chi connectivity index (χ0) is 15.7. The van der Waals surface area contributed by atoms with Crippen LogP contribution in [0.25, 0.3) is 0 Å². The molecule has 1 atom stereocenters. The van der Waals surface area contributed by atoms with Gasteiger partial charge in [0.05, 0.1) is 6.04 Å². The first-order valence-corrected chi connectivity index (χ1v) is 7.82. The number of nitrogens with zero attached hydrogens (tertiary/aromatic N) is 1. The Kier molecular flexibility index (Phi) is 4.22. The Balaban J connectivity index is 1.67. The zero-order valence-electron chi connectivity index (χ0n) is 11.4. The molecular weight excluding hydrogens is 372 g/mol. The van der Waals surface area contributed by atoms with Crippen LogP contribution in [-0.4, -0.2) is 24.4 Å². The van der Waals surface area contributed by atoms with Gasteiger partial charge in [-0.1, -0.05) is 11.6 Å². The molecule has 0 bridgehead atoms. The van der Waals surface area contributed by atoms with E-state index in [1.165, 1.54) is 0 Å². The summed E-state index contributed by atoms with van der Waals surface area (Å²) in [6, 6.07) is 10.0. The molecular formula is C15H12BrClN2O3. The second-order valence-electron chi connectivity index (χ2n) is 4.96. The molecule has 0 saturated carbocycles. The summed E-state index contributed by atoms with van der Waals surface area (Å²) in [4.78, 5) is 25.8. The van der Waals surface area contributed by atoms with Gasteiger partial charge >= 0.3 is 0 Å². The number of carbonyl (C=O) groups is 2. The van der Waals surface area contributed by atoms with Crippen LogP contribution in [0.2, 0.25) is 5.02 Å². The van der Waals surface area contributed by atoms with Crippen LogP contribution in [0, 0.1) is 0 Å². The van der Waals surface area contributed by atoms with Crippen LogP contribution in [0.4, 0.5) is 5.69 Å². The predicted molar refractivity (Wildman–Crippen MR) is 86.1 cm³/mol. The number of rotatable bonds is 3. The van der Waals surface area contributed by atoms with Crippen molar-refractivity contribution in [2.45, 2.75) is 12.5 Å². The molecule has 1 saturated heterocycles. The highest BCUT2D eigenvalue weighted by Gasteiger charge is 2.32. The summed E-state index contributed by atoms with van der Waals surface area (Å²) in [5, 5.41) is 3.42. The highest BCUT2D eigenvalue weighted by Crippen LogP contribution is 2.23. The Morgan fingerprint density at radius 2 is 2.00 bits per heavy atom. The molecule has 114 valence electrons. The van der Waals surface area contributed by atoms with E-state index in [4.69, 9.17) is 16.0 Å². The topological polar surface area (TPSA) is 62.6 Å². The quantitative estimate of drug-likeness (QED) is 0.885. The van der Waals surface area contributed by atoms with Crippen LogP contribution >= 0.6 is 27.5 Å². The highest BCUT2D eigenvalue weighted by molar-refractivity contribution is 9.10. The van der Waals surface area contributed by atoms with Gasteiger partial charge in [0.1, 0.15) is 0 Å². The Bertz CT molecular complexity index is 714. The lowest BCUT2D eigenvalue weighted by Gasteiger charge is -2.17. The molecule has 2 aromatic rings. The van der Waals surface area contributed by atoms with Crippen molar-refractivity contribution in [3.63, 3.8) is 0 Å². The third-order valence-corrected chi connectivity index (χ3v) is 4.07. The number of anilines is 1. The first kappa shape index (κ1) is 15.1. The van der Waals surface area contributed by atoms with Crippen LogP contribution in [0.15, 0.2) is 45.5 Å². The van der Waals surface area contributed by atoms with Gasteiger partial charge in [-0.3, -0.25) is 9.59 Å². The van der Waals surface area contributed by atoms with E-state index >= 15 is 0 Å². The smallest absolute Gasteiger partial charge is 0.287 e. The van der Waals surface area contributed by atoms with Crippen LogP contribution in [0.3, 0.4) is 0 Å². The first-order valence-electron chi connectivity index (χ1n) is 6.65. The van der Waals surface area contributed by atoms with Gasteiger partial charge in [0.15, 0.2) is 10.4 Å². The maximum atomic E-state index is 12.1. The number of benzene rings is 1. The van der Waals surface area contributed by atoms with Gasteiger partial charge in [0.25, 0.3) is 5.91 Å². The molecule has 1 aromatic heterocycles. The van der Waals surface area contributed by atoms with Crippen molar-refractivity contribution in [3.8, 4) is 0 Å². The fourth-order valence-corrected chi connectivity index (χ4v) is 2.80. The molecule has 5 nitrogen and oxygen atoms in total. The molecule has 0 spiro atoms. The number of furan rings is 1. The molecule has 1 aliphatic rings. The third kappa shape index (κ3) is 3.18. The predicted octanol–water partition coefficient (Wildman–Crippen LogP) is 3.23. The molecule has 2 amide bonds. The number of hydrogen-bond donors (Lipinski definition) is 1. The van der Waals surface area contributed by atoms with Gasteiger partial charge in [0.2, 0.25) is 5.91 Å². The maximum absolute atomic E-state index is 12.1. The average Bonchev–Trinajstić information content (AvgIpc) is 3.06. The molecule has 7 heteroatoms. The van der Waals surface area contributed by atoms with Crippen LogP contribution in [-0.2, 0) is 4.79 Å². The minimum absolute atomic E-state index is 0.0340.